The maximum atomic E-state index is 12.8. The van der Waals surface area contributed by atoms with E-state index in [1.807, 2.05) is 26.0 Å². The molecule has 0 spiro atoms. The van der Waals surface area contributed by atoms with Crippen LogP contribution < -0.4 is 5.73 Å². The van der Waals surface area contributed by atoms with E-state index in [4.69, 9.17) is 15.7 Å². The second-order valence-electron chi connectivity index (χ2n) is 7.55. The number of hydrogen-bond acceptors (Lipinski definition) is 7. The van der Waals surface area contributed by atoms with Gasteiger partial charge in [0, 0.05) is 5.70 Å². The van der Waals surface area contributed by atoms with Gasteiger partial charge in [-0.15, -0.1) is 0 Å². The molecule has 0 aromatic heterocycles. The maximum absolute atomic E-state index is 12.8. The summed E-state index contributed by atoms with van der Waals surface area (Å²) in [5.41, 5.74) is 5.23. The number of carbonyl (C=O) groups excluding carboxylic acids is 4. The summed E-state index contributed by atoms with van der Waals surface area (Å²) in [7, 11) is 0. The predicted molar refractivity (Wildman–Crippen MR) is 98.9 cm³/mol. The minimum atomic E-state index is -1.09. The van der Waals surface area contributed by atoms with Gasteiger partial charge in [-0.2, -0.15) is 5.26 Å². The van der Waals surface area contributed by atoms with Crippen LogP contribution in [-0.2, 0) is 23.9 Å². The molecule has 2 N–H and O–H groups in total. The third kappa shape index (κ3) is 4.30. The lowest BCUT2D eigenvalue weighted by molar-refractivity contribution is -0.160. The third-order valence-electron chi connectivity index (χ3n) is 4.95. The lowest BCUT2D eigenvalue weighted by Crippen LogP contribution is -2.47. The molecular weight excluding hydrogens is 362 g/mol. The van der Waals surface area contributed by atoms with Crippen LogP contribution in [0.25, 0.3) is 0 Å². The van der Waals surface area contributed by atoms with Crippen molar-refractivity contribution in [2.24, 2.45) is 23.5 Å². The number of rotatable bonds is 7. The maximum Gasteiger partial charge on any atom is 0.329 e. The van der Waals surface area contributed by atoms with E-state index < -0.39 is 36.2 Å². The van der Waals surface area contributed by atoms with Crippen LogP contribution in [0.1, 0.15) is 40.0 Å². The Morgan fingerprint density at radius 3 is 2.21 bits per heavy atom. The Bertz CT molecular complexity index is 760. The lowest BCUT2D eigenvalue weighted by Gasteiger charge is -2.26. The Morgan fingerprint density at radius 2 is 1.79 bits per heavy atom. The topological polar surface area (TPSA) is 131 Å². The number of likely N-dealkylation sites (tertiary alicyclic amines) is 1. The highest BCUT2D eigenvalue weighted by atomic mass is 16.5. The number of amides is 2. The molecule has 1 aliphatic carbocycles. The summed E-state index contributed by atoms with van der Waals surface area (Å²) in [6.07, 6.45) is 4.91. The Hall–Kier alpha value is -2.95. The van der Waals surface area contributed by atoms with E-state index in [2.05, 4.69) is 0 Å². The van der Waals surface area contributed by atoms with Crippen LogP contribution in [0.3, 0.4) is 0 Å². The van der Waals surface area contributed by atoms with Crippen LogP contribution in [0, 0.1) is 29.1 Å². The number of carbonyl (C=O) groups is 4. The number of nitriles is 1. The Morgan fingerprint density at radius 1 is 1.25 bits per heavy atom. The first kappa shape index (κ1) is 21.4. The molecule has 0 unspecified atom stereocenters. The molecule has 28 heavy (non-hydrogen) atoms. The van der Waals surface area contributed by atoms with Crippen molar-refractivity contribution in [1.82, 2.24) is 4.90 Å². The SMILES string of the molecule is C/C(N)=C(\C#N)C(=O)COC(=O)[C@@H](CC(C)C)N1C(=O)[C@H]2CC=CC[C@H]2C1=O. The van der Waals surface area contributed by atoms with Gasteiger partial charge in [-0.1, -0.05) is 26.0 Å². The number of ketones is 1. The minimum Gasteiger partial charge on any atom is -0.456 e. The molecule has 1 fully saturated rings. The van der Waals surface area contributed by atoms with Crippen molar-refractivity contribution < 1.29 is 23.9 Å². The Balaban J connectivity index is 2.17. The van der Waals surface area contributed by atoms with Crippen LogP contribution in [0.2, 0.25) is 0 Å². The summed E-state index contributed by atoms with van der Waals surface area (Å²) in [6, 6.07) is 0.587. The molecule has 8 heteroatoms. The van der Waals surface area contributed by atoms with Crippen molar-refractivity contribution in [3.63, 3.8) is 0 Å². The highest BCUT2D eigenvalue weighted by Crippen LogP contribution is 2.37. The van der Waals surface area contributed by atoms with Crippen molar-refractivity contribution in [3.05, 3.63) is 23.4 Å². The van der Waals surface area contributed by atoms with Gasteiger partial charge < -0.3 is 10.5 Å². The highest BCUT2D eigenvalue weighted by molar-refractivity contribution is 6.08. The van der Waals surface area contributed by atoms with Crippen LogP contribution in [0.15, 0.2) is 23.4 Å². The first-order valence-corrected chi connectivity index (χ1v) is 9.27. The summed E-state index contributed by atoms with van der Waals surface area (Å²) in [5, 5.41) is 8.97. The summed E-state index contributed by atoms with van der Waals surface area (Å²) in [4.78, 5) is 51.3. The van der Waals surface area contributed by atoms with Gasteiger partial charge >= 0.3 is 5.97 Å². The Kier molecular flexibility index (Phi) is 6.73. The van der Waals surface area contributed by atoms with Gasteiger partial charge in [0.15, 0.2) is 6.61 Å². The van der Waals surface area contributed by atoms with Crippen LogP contribution in [0.5, 0.6) is 0 Å². The number of nitrogens with two attached hydrogens (primary N) is 1. The molecule has 150 valence electrons. The second kappa shape index (κ2) is 8.83. The molecule has 8 nitrogen and oxygen atoms in total. The number of ether oxygens (including phenoxy) is 1. The van der Waals surface area contributed by atoms with Gasteiger partial charge in [0.2, 0.25) is 17.6 Å². The number of allylic oxidation sites excluding steroid dienone is 3. The first-order valence-electron chi connectivity index (χ1n) is 9.27. The molecule has 0 bridgehead atoms. The van der Waals surface area contributed by atoms with E-state index in [0.717, 1.165) is 4.90 Å². The van der Waals surface area contributed by atoms with E-state index in [0.29, 0.717) is 12.8 Å². The number of nitrogens with zero attached hydrogens (tertiary/aromatic N) is 2. The van der Waals surface area contributed by atoms with E-state index in [9.17, 15) is 19.2 Å². The largest absolute Gasteiger partial charge is 0.456 e. The number of Topliss-reactive ketones (excluding diaryl/α,β-unsaturated/α-hetero) is 1. The molecule has 2 aliphatic rings. The van der Waals surface area contributed by atoms with Crippen molar-refractivity contribution >= 4 is 23.6 Å². The summed E-state index contributed by atoms with van der Waals surface area (Å²) < 4.78 is 5.07. The monoisotopic (exact) mass is 387 g/mol. The molecule has 2 amide bonds. The zero-order valence-electron chi connectivity index (χ0n) is 16.3. The van der Waals surface area contributed by atoms with Gasteiger partial charge in [-0.25, -0.2) is 4.79 Å². The van der Waals surface area contributed by atoms with Crippen molar-refractivity contribution in [1.29, 1.82) is 5.26 Å². The number of esters is 1. The molecule has 1 heterocycles. The fraction of sp³-hybridized carbons (Fsp3) is 0.550. The molecule has 3 atom stereocenters. The smallest absolute Gasteiger partial charge is 0.329 e. The fourth-order valence-corrected chi connectivity index (χ4v) is 3.56. The molecular formula is C20H25N3O5. The predicted octanol–water partition coefficient (Wildman–Crippen LogP) is 1.22. The average Bonchev–Trinajstić information content (AvgIpc) is 2.89. The second-order valence-corrected chi connectivity index (χ2v) is 7.55. The Labute approximate surface area is 164 Å². The number of hydrogen-bond donors (Lipinski definition) is 1. The first-order chi connectivity index (χ1) is 13.2. The van der Waals surface area contributed by atoms with Gasteiger partial charge in [-0.3, -0.25) is 19.3 Å². The van der Waals surface area contributed by atoms with Crippen LogP contribution in [0.4, 0.5) is 0 Å². The molecule has 1 aliphatic heterocycles. The summed E-state index contributed by atoms with van der Waals surface area (Å²) >= 11 is 0. The van der Waals surface area contributed by atoms with E-state index in [1.54, 1.807) is 6.07 Å². The number of fused-ring (bicyclic) bond motifs is 1. The third-order valence-corrected chi connectivity index (χ3v) is 4.95. The quantitative estimate of drug-likeness (QED) is 0.228. The van der Waals surface area contributed by atoms with Gasteiger partial charge in [-0.05, 0) is 32.1 Å². The highest BCUT2D eigenvalue weighted by Gasteiger charge is 2.51. The molecule has 0 radical (unpaired) electrons. The van der Waals surface area contributed by atoms with Gasteiger partial charge in [0.25, 0.3) is 0 Å². The fourth-order valence-electron chi connectivity index (χ4n) is 3.56. The van der Waals surface area contributed by atoms with Crippen LogP contribution >= 0.6 is 0 Å². The standard InChI is InChI=1S/C20H25N3O5/c1-11(2)8-16(20(27)28-10-17(24)15(9-21)12(3)22)23-18(25)13-6-4-5-7-14(13)19(23)26/h4-5,11,13-14,16H,6-8,10,22H2,1-3H3/b15-12-/t13-,14+,16-/m1/s1. The summed E-state index contributed by atoms with van der Waals surface area (Å²) in [6.45, 7) is 4.45. The average molecular weight is 387 g/mol. The lowest BCUT2D eigenvalue weighted by atomic mass is 9.85. The zero-order chi connectivity index (χ0) is 21.0. The molecule has 2 rings (SSSR count). The summed E-state index contributed by atoms with van der Waals surface area (Å²) in [5.74, 6) is -3.19. The van der Waals surface area contributed by atoms with Gasteiger partial charge in [0.05, 0.1) is 11.8 Å². The van der Waals surface area contributed by atoms with Crippen molar-refractivity contribution in [3.8, 4) is 6.07 Å². The van der Waals surface area contributed by atoms with Gasteiger partial charge in [0.1, 0.15) is 17.7 Å². The molecule has 0 saturated carbocycles. The van der Waals surface area contributed by atoms with Crippen molar-refractivity contribution in [2.75, 3.05) is 6.61 Å². The molecule has 0 aromatic rings. The van der Waals surface area contributed by atoms with Crippen molar-refractivity contribution in [2.45, 2.75) is 46.1 Å². The van der Waals surface area contributed by atoms with Crippen LogP contribution in [-0.4, -0.2) is 41.1 Å². The van der Waals surface area contributed by atoms with E-state index >= 15 is 0 Å². The van der Waals surface area contributed by atoms with E-state index in [-0.39, 0.29) is 35.4 Å². The molecule has 0 aromatic carbocycles. The normalized spacial score (nSPS) is 23.2. The number of imide groups is 1. The molecule has 1 saturated heterocycles. The minimum absolute atomic E-state index is 0.00968. The van der Waals surface area contributed by atoms with E-state index in [1.165, 1.54) is 6.92 Å². The zero-order valence-corrected chi connectivity index (χ0v) is 16.3.